The van der Waals surface area contributed by atoms with E-state index in [0.29, 0.717) is 6.42 Å². The van der Waals surface area contributed by atoms with Crippen molar-refractivity contribution in [1.29, 1.82) is 0 Å². The molecule has 4 unspecified atom stereocenters. The number of rotatable bonds is 1. The molecule has 0 aromatic rings. The standard InChI is InChI=1S/C15H24O3/c1-9(2)10-7-12-11(5-6-14(12,3)17)15(4,18)8-13(10)16/h7,9,11-12,17-18H,5-6,8H2,1-4H3. The van der Waals surface area contributed by atoms with Gasteiger partial charge in [0.15, 0.2) is 5.78 Å². The molecule has 102 valence electrons. The van der Waals surface area contributed by atoms with Gasteiger partial charge < -0.3 is 10.2 Å². The third-order valence-electron chi connectivity index (χ3n) is 4.73. The molecule has 0 amide bonds. The smallest absolute Gasteiger partial charge is 0.161 e. The van der Waals surface area contributed by atoms with Gasteiger partial charge in [0.05, 0.1) is 11.2 Å². The topological polar surface area (TPSA) is 57.5 Å². The number of ketones is 1. The average molecular weight is 252 g/mol. The Labute approximate surface area is 109 Å². The Hall–Kier alpha value is -0.670. The number of allylic oxidation sites excluding steroid dienone is 1. The number of hydrogen-bond acceptors (Lipinski definition) is 3. The quantitative estimate of drug-likeness (QED) is 0.751. The third-order valence-corrected chi connectivity index (χ3v) is 4.73. The van der Waals surface area contributed by atoms with Crippen LogP contribution in [0.25, 0.3) is 0 Å². The fourth-order valence-electron chi connectivity index (χ4n) is 3.58. The molecule has 0 aromatic heterocycles. The minimum Gasteiger partial charge on any atom is -0.390 e. The van der Waals surface area contributed by atoms with Crippen molar-refractivity contribution in [2.45, 2.75) is 58.2 Å². The SMILES string of the molecule is CC(C)C1=CC2C(CCC2(C)O)C(C)(O)CC1=O. The van der Waals surface area contributed by atoms with E-state index in [2.05, 4.69) is 0 Å². The highest BCUT2D eigenvalue weighted by Gasteiger charge is 2.52. The molecule has 4 atom stereocenters. The van der Waals surface area contributed by atoms with Gasteiger partial charge in [0.25, 0.3) is 0 Å². The van der Waals surface area contributed by atoms with Crippen molar-refractivity contribution in [2.75, 3.05) is 0 Å². The molecule has 0 bridgehead atoms. The molecule has 3 heteroatoms. The second-order valence-electron chi connectivity index (χ2n) is 6.76. The first-order chi connectivity index (χ1) is 8.15. The van der Waals surface area contributed by atoms with Crippen LogP contribution < -0.4 is 0 Å². The van der Waals surface area contributed by atoms with Crippen molar-refractivity contribution in [2.24, 2.45) is 17.8 Å². The van der Waals surface area contributed by atoms with Gasteiger partial charge in [-0.15, -0.1) is 0 Å². The summed E-state index contributed by atoms with van der Waals surface area (Å²) in [4.78, 5) is 12.2. The minimum absolute atomic E-state index is 0.0206. The zero-order valence-electron chi connectivity index (χ0n) is 11.7. The van der Waals surface area contributed by atoms with Crippen LogP contribution in [0.3, 0.4) is 0 Å². The van der Waals surface area contributed by atoms with E-state index in [1.807, 2.05) is 26.8 Å². The molecule has 2 aliphatic rings. The van der Waals surface area contributed by atoms with E-state index in [-0.39, 0.29) is 30.0 Å². The Morgan fingerprint density at radius 3 is 2.44 bits per heavy atom. The molecular formula is C15H24O3. The van der Waals surface area contributed by atoms with E-state index in [4.69, 9.17) is 0 Å². The summed E-state index contributed by atoms with van der Waals surface area (Å²) in [6, 6.07) is 0. The lowest BCUT2D eigenvalue weighted by atomic mass is 9.77. The summed E-state index contributed by atoms with van der Waals surface area (Å²) in [7, 11) is 0. The lowest BCUT2D eigenvalue weighted by molar-refractivity contribution is -0.122. The zero-order chi connectivity index (χ0) is 13.7. The van der Waals surface area contributed by atoms with Crippen LogP contribution in [0.4, 0.5) is 0 Å². The van der Waals surface area contributed by atoms with E-state index in [0.717, 1.165) is 12.0 Å². The molecule has 1 fully saturated rings. The molecule has 0 heterocycles. The first-order valence-electron chi connectivity index (χ1n) is 6.85. The summed E-state index contributed by atoms with van der Waals surface area (Å²) in [6.45, 7) is 7.53. The summed E-state index contributed by atoms with van der Waals surface area (Å²) in [5, 5.41) is 21.0. The lowest BCUT2D eigenvalue weighted by Gasteiger charge is -2.34. The molecule has 3 nitrogen and oxygen atoms in total. The van der Waals surface area contributed by atoms with Gasteiger partial charge in [-0.2, -0.15) is 0 Å². The summed E-state index contributed by atoms with van der Waals surface area (Å²) < 4.78 is 0. The van der Waals surface area contributed by atoms with Gasteiger partial charge in [0, 0.05) is 12.3 Å². The predicted molar refractivity (Wildman–Crippen MR) is 70.0 cm³/mol. The summed E-state index contributed by atoms with van der Waals surface area (Å²) in [5.41, 5.74) is -1.04. The highest BCUT2D eigenvalue weighted by Crippen LogP contribution is 2.49. The average Bonchev–Trinajstić information content (AvgIpc) is 2.43. The normalized spacial score (nSPS) is 44.8. The monoisotopic (exact) mass is 252 g/mol. The summed E-state index contributed by atoms with van der Waals surface area (Å²) >= 11 is 0. The molecule has 2 rings (SSSR count). The Morgan fingerprint density at radius 2 is 1.89 bits per heavy atom. The number of hydrogen-bond donors (Lipinski definition) is 2. The highest BCUT2D eigenvalue weighted by atomic mass is 16.3. The van der Waals surface area contributed by atoms with Crippen molar-refractivity contribution in [1.82, 2.24) is 0 Å². The number of carbonyl (C=O) groups excluding carboxylic acids is 1. The van der Waals surface area contributed by atoms with Crippen LogP contribution in [0.1, 0.15) is 47.0 Å². The van der Waals surface area contributed by atoms with Crippen LogP contribution in [0.5, 0.6) is 0 Å². The van der Waals surface area contributed by atoms with Gasteiger partial charge in [-0.05, 0) is 44.1 Å². The highest BCUT2D eigenvalue weighted by molar-refractivity contribution is 5.96. The molecule has 0 spiro atoms. The molecule has 2 aliphatic carbocycles. The Kier molecular flexibility index (Phi) is 3.19. The maximum Gasteiger partial charge on any atom is 0.161 e. The number of aliphatic hydroxyl groups is 2. The first-order valence-corrected chi connectivity index (χ1v) is 6.85. The molecule has 18 heavy (non-hydrogen) atoms. The second kappa shape index (κ2) is 4.17. The van der Waals surface area contributed by atoms with Gasteiger partial charge >= 0.3 is 0 Å². The van der Waals surface area contributed by atoms with E-state index >= 15 is 0 Å². The van der Waals surface area contributed by atoms with E-state index < -0.39 is 11.2 Å². The minimum atomic E-state index is -1.00. The van der Waals surface area contributed by atoms with Crippen molar-refractivity contribution >= 4 is 5.78 Å². The fourth-order valence-corrected chi connectivity index (χ4v) is 3.58. The Balaban J connectivity index is 2.47. The van der Waals surface area contributed by atoms with Crippen LogP contribution in [0, 0.1) is 17.8 Å². The van der Waals surface area contributed by atoms with E-state index in [1.165, 1.54) is 0 Å². The van der Waals surface area contributed by atoms with Crippen molar-refractivity contribution in [3.8, 4) is 0 Å². The number of carbonyl (C=O) groups is 1. The molecule has 0 aromatic carbocycles. The van der Waals surface area contributed by atoms with Crippen LogP contribution >= 0.6 is 0 Å². The number of Topliss-reactive ketones (excluding diaryl/α,β-unsaturated/α-hetero) is 1. The maximum absolute atomic E-state index is 12.2. The van der Waals surface area contributed by atoms with Gasteiger partial charge in [-0.3, -0.25) is 4.79 Å². The molecule has 0 radical (unpaired) electrons. The Morgan fingerprint density at radius 1 is 1.28 bits per heavy atom. The van der Waals surface area contributed by atoms with Crippen molar-refractivity contribution in [3.05, 3.63) is 11.6 Å². The van der Waals surface area contributed by atoms with Gasteiger partial charge in [0.1, 0.15) is 0 Å². The largest absolute Gasteiger partial charge is 0.390 e. The van der Waals surface area contributed by atoms with Gasteiger partial charge in [0.2, 0.25) is 0 Å². The first kappa shape index (κ1) is 13.8. The van der Waals surface area contributed by atoms with Gasteiger partial charge in [-0.1, -0.05) is 19.9 Å². The molecule has 1 saturated carbocycles. The van der Waals surface area contributed by atoms with Crippen molar-refractivity contribution in [3.63, 3.8) is 0 Å². The summed E-state index contributed by atoms with van der Waals surface area (Å²) in [5.74, 6) is 0.0349. The molecule has 2 N–H and O–H groups in total. The lowest BCUT2D eigenvalue weighted by Crippen LogP contribution is -2.41. The molecule has 0 aliphatic heterocycles. The fraction of sp³-hybridized carbons (Fsp3) is 0.800. The second-order valence-corrected chi connectivity index (χ2v) is 6.76. The van der Waals surface area contributed by atoms with E-state index in [9.17, 15) is 15.0 Å². The van der Waals surface area contributed by atoms with Crippen molar-refractivity contribution < 1.29 is 15.0 Å². The van der Waals surface area contributed by atoms with Crippen LogP contribution in [-0.2, 0) is 4.79 Å². The molecular weight excluding hydrogens is 228 g/mol. The van der Waals surface area contributed by atoms with Crippen LogP contribution in [-0.4, -0.2) is 27.2 Å². The van der Waals surface area contributed by atoms with Crippen LogP contribution in [0.15, 0.2) is 11.6 Å². The Bertz CT molecular complexity index is 391. The van der Waals surface area contributed by atoms with E-state index in [1.54, 1.807) is 6.92 Å². The maximum atomic E-state index is 12.2. The van der Waals surface area contributed by atoms with Crippen LogP contribution in [0.2, 0.25) is 0 Å². The van der Waals surface area contributed by atoms with Gasteiger partial charge in [-0.25, -0.2) is 0 Å². The third kappa shape index (κ3) is 2.14. The zero-order valence-corrected chi connectivity index (χ0v) is 11.7. The summed E-state index contributed by atoms with van der Waals surface area (Å²) in [6.07, 6.45) is 3.58. The molecule has 0 saturated heterocycles. The number of fused-ring (bicyclic) bond motifs is 1. The predicted octanol–water partition coefficient (Wildman–Crippen LogP) is 2.07.